The molecule has 5 heterocycles. The van der Waals surface area contributed by atoms with Gasteiger partial charge < -0.3 is 76.6 Å². The normalized spacial score (nSPS) is 18.7. The van der Waals surface area contributed by atoms with E-state index in [1.165, 1.54) is 11.0 Å². The number of thiol groups is 1. The number of aliphatic hydroxyl groups is 1. The van der Waals surface area contributed by atoms with Crippen molar-refractivity contribution in [1.82, 2.24) is 20.4 Å². The van der Waals surface area contributed by atoms with E-state index >= 15 is 0 Å². The number of hydrogen-bond acceptors (Lipinski definition) is 15. The molecule has 2 fully saturated rings. The molecule has 0 aromatic heterocycles. The molecule has 361 valence electrons. The molecule has 25 heteroatoms. The summed E-state index contributed by atoms with van der Waals surface area (Å²) >= 11 is 3.79. The van der Waals surface area contributed by atoms with Gasteiger partial charge in [-0.25, -0.2) is 0 Å². The van der Waals surface area contributed by atoms with Gasteiger partial charge in [-0.1, -0.05) is 37.3 Å². The van der Waals surface area contributed by atoms with Crippen LogP contribution in [0.25, 0.3) is 0 Å². The number of benzene rings is 4. The molecule has 4 unspecified atom stereocenters. The fourth-order valence-corrected chi connectivity index (χ4v) is 8.67. The number of nitrogens with zero attached hydrogens (tertiary/aromatic N) is 2. The molecule has 0 saturated carbocycles. The Kier molecular flexibility index (Phi) is 26.3. The van der Waals surface area contributed by atoms with E-state index in [4.69, 9.17) is 18.8 Å². The Bertz CT molecular complexity index is 2520. The first-order valence-electron chi connectivity index (χ1n) is 21.8. The number of carbonyl (C=O) groups excluding carboxylic acids is 6. The number of aldehydes is 1. The van der Waals surface area contributed by atoms with Gasteiger partial charge in [-0.3, -0.25) is 26.0 Å². The molecule has 0 spiro atoms. The third-order valence-electron chi connectivity index (χ3n) is 12.2. The van der Waals surface area contributed by atoms with Gasteiger partial charge in [0.2, 0.25) is 0 Å². The number of aliphatic hydroxyl groups excluding tert-OH is 1. The van der Waals surface area contributed by atoms with Crippen LogP contribution in [0.1, 0.15) is 90.4 Å². The summed E-state index contributed by atoms with van der Waals surface area (Å²) < 4.78 is 15.5. The van der Waals surface area contributed by atoms with Crippen LogP contribution in [0, 0.1) is 7.43 Å². The minimum atomic E-state index is -1.07. The van der Waals surface area contributed by atoms with Crippen LogP contribution in [0.3, 0.4) is 0 Å². The van der Waals surface area contributed by atoms with Crippen LogP contribution in [0.4, 0.5) is 0 Å². The van der Waals surface area contributed by atoms with Crippen LogP contribution in [0.15, 0.2) is 72.8 Å². The standard InChI is InChI=1S/C21H20B2N2O7.C21H23B2N2O6.C2H6S.CHO.CH3.2K/c26-9-17-7-16(24-20(27)12-1-3-14-10-31-22(29)18(14)5-12)8-25(17)21(28)13-2-4-15-11-32-23(30)19(15)6-13;1-12-6-17(24-20(27)13-2-4-15(10-26)18(7-13)22-29)9-25(12)21(28)14-3-5-16-11-31-23(30)19(16)8-14;1-2-3;1-2;;;/h1-6,9,16-17,29-30H,7-8,10-11H2,(H,24,27);2-5,7-8,12,17,26,29-30H,6,9-11H2,1H3,(H,24,27);3H,2H2,1H3;1H;1H3;;/q;;;2*-1;2*+1. The van der Waals surface area contributed by atoms with Crippen molar-refractivity contribution in [2.45, 2.75) is 77.3 Å². The number of hydrogen-bond donors (Lipinski definition) is 8. The van der Waals surface area contributed by atoms with Crippen molar-refractivity contribution in [2.24, 2.45) is 0 Å². The zero-order valence-corrected chi connectivity index (χ0v) is 47.5. The van der Waals surface area contributed by atoms with Crippen LogP contribution in [-0.2, 0) is 50.0 Å². The van der Waals surface area contributed by atoms with Gasteiger partial charge in [0.25, 0.3) is 23.6 Å². The molecule has 71 heavy (non-hydrogen) atoms. The summed E-state index contributed by atoms with van der Waals surface area (Å²) in [6.07, 6.45) is 1.62. The third-order valence-corrected chi connectivity index (χ3v) is 12.2. The van der Waals surface area contributed by atoms with E-state index in [1.54, 1.807) is 71.6 Å². The number of likely N-dealkylation sites (tertiary alicyclic amines) is 2. The predicted octanol–water partition coefficient (Wildman–Crippen LogP) is -7.88. The fourth-order valence-electron chi connectivity index (χ4n) is 8.67. The second-order valence-electron chi connectivity index (χ2n) is 16.5. The first-order chi connectivity index (χ1) is 32.8. The molecule has 4 aromatic rings. The van der Waals surface area contributed by atoms with E-state index in [0.29, 0.717) is 88.6 Å². The van der Waals surface area contributed by atoms with E-state index < -0.39 is 33.4 Å². The van der Waals surface area contributed by atoms with Gasteiger partial charge in [0.1, 0.15) is 6.29 Å². The molecular weight excluding hydrogens is 986 g/mol. The topological polar surface area (TPSA) is 262 Å². The summed E-state index contributed by atoms with van der Waals surface area (Å²) in [7, 11) is -2.27. The average molecular weight is 1040 g/mol. The summed E-state index contributed by atoms with van der Waals surface area (Å²) in [6, 6.07) is 18.5. The largest absolute Gasteiger partial charge is 1.00 e. The second-order valence-corrected chi connectivity index (χ2v) is 17.2. The number of nitrogens with one attached hydrogen (secondary N) is 2. The molecule has 5 aliphatic rings. The monoisotopic (exact) mass is 1040 g/mol. The zero-order valence-electron chi connectivity index (χ0n) is 40.3. The number of amides is 4. The number of rotatable bonds is 9. The number of carbonyl (C=O) groups is 5. The van der Waals surface area contributed by atoms with Crippen molar-refractivity contribution in [3.63, 3.8) is 0 Å². The molecule has 4 atom stereocenters. The molecule has 4 amide bonds. The maximum Gasteiger partial charge on any atom is 1.00 e. The Morgan fingerprint density at radius 3 is 1.56 bits per heavy atom. The van der Waals surface area contributed by atoms with E-state index in [1.807, 2.05) is 13.8 Å². The van der Waals surface area contributed by atoms with Crippen LogP contribution >= 0.6 is 12.6 Å². The summed E-state index contributed by atoms with van der Waals surface area (Å²) in [5, 5.41) is 54.1. The number of fused-ring (bicyclic) bond motifs is 3. The Morgan fingerprint density at radius 2 is 1.11 bits per heavy atom. The minimum Gasteiger partial charge on any atom is -0.545 e. The van der Waals surface area contributed by atoms with Crippen LogP contribution < -0.4 is 135 Å². The van der Waals surface area contributed by atoms with Gasteiger partial charge >= 0.3 is 132 Å². The molecule has 0 aliphatic carbocycles. The summed E-state index contributed by atoms with van der Waals surface area (Å²) in [5.74, 6) is -0.222. The maximum atomic E-state index is 13.1. The molecule has 0 bridgehead atoms. The van der Waals surface area contributed by atoms with Gasteiger partial charge in [-0.2, -0.15) is 12.6 Å². The predicted molar refractivity (Wildman–Crippen MR) is 262 cm³/mol. The van der Waals surface area contributed by atoms with Crippen LogP contribution in [0.5, 0.6) is 0 Å². The van der Waals surface area contributed by atoms with E-state index in [-0.39, 0.29) is 166 Å². The van der Waals surface area contributed by atoms with Crippen molar-refractivity contribution in [2.75, 3.05) is 18.8 Å². The van der Waals surface area contributed by atoms with Crippen LogP contribution in [0.2, 0.25) is 0 Å². The van der Waals surface area contributed by atoms with Crippen LogP contribution in [-0.4, -0.2) is 144 Å². The Balaban J connectivity index is 0.000000332. The van der Waals surface area contributed by atoms with Gasteiger partial charge in [0, 0.05) is 53.5 Å². The SMILES string of the molecule is CC1CC(NC(=O)c2ccc(CO)c([B]O)c2)CN1C(=O)c1ccc2c(c1)B(O)OC2.CCS.O=CC1CC(NC(=O)c2ccc3c(c2)B(O)OC3)CN1C(=O)c1ccc2c(c1)B(O)OC2.[CH-]=O.[CH3-].[K+].[K+]. The maximum absolute atomic E-state index is 13.1. The Morgan fingerprint density at radius 1 is 0.718 bits per heavy atom. The smallest absolute Gasteiger partial charge is 0.545 e. The van der Waals surface area contributed by atoms with Crippen molar-refractivity contribution in [3.05, 3.63) is 125 Å². The van der Waals surface area contributed by atoms with Gasteiger partial charge in [-0.15, -0.1) is 0 Å². The first-order valence-corrected chi connectivity index (χ1v) is 22.4. The molecule has 7 N–H and O–H groups in total. The first kappa shape index (κ1) is 63.0. The average Bonchev–Trinajstić information content (AvgIpc) is 4.20. The minimum absolute atomic E-state index is 0. The van der Waals surface area contributed by atoms with E-state index in [2.05, 4.69) is 30.1 Å². The summed E-state index contributed by atoms with van der Waals surface area (Å²) in [6.45, 7) is 8.39. The molecule has 2 saturated heterocycles. The quantitative estimate of drug-likeness (QED) is 0.0336. The Labute approximate surface area is 505 Å². The summed E-state index contributed by atoms with van der Waals surface area (Å²) in [4.78, 5) is 74.1. The fraction of sp³-hybridized carbons (Fsp3) is 0.326. The molecule has 4 aromatic carbocycles. The molecule has 1 radical (unpaired) electrons. The van der Waals surface area contributed by atoms with E-state index in [9.17, 15) is 49.2 Å². The third kappa shape index (κ3) is 15.2. The van der Waals surface area contributed by atoms with Gasteiger partial charge in [-0.05, 0) is 112 Å². The molecule has 18 nitrogen and oxygen atoms in total. The molecular formula is C46H53B4K2N4O14S. The molecule has 9 rings (SSSR count). The second kappa shape index (κ2) is 29.7. The van der Waals surface area contributed by atoms with Crippen molar-refractivity contribution in [1.29, 1.82) is 0 Å². The van der Waals surface area contributed by atoms with Crippen molar-refractivity contribution in [3.8, 4) is 0 Å². The van der Waals surface area contributed by atoms with Crippen molar-refractivity contribution >= 4 is 100 Å². The zero-order chi connectivity index (χ0) is 49.2. The van der Waals surface area contributed by atoms with Gasteiger partial charge in [0.15, 0.2) is 0 Å². The molecule has 5 aliphatic heterocycles. The van der Waals surface area contributed by atoms with E-state index in [0.717, 1.165) is 29.9 Å². The van der Waals surface area contributed by atoms with Crippen molar-refractivity contribution < 1.29 is 171 Å². The summed E-state index contributed by atoms with van der Waals surface area (Å²) in [5.41, 5.74) is 6.71. The Hall–Kier alpha value is -2.34. The van der Waals surface area contributed by atoms with Gasteiger partial charge in [0.05, 0.1) is 32.5 Å².